The highest BCUT2D eigenvalue weighted by Crippen LogP contribution is 2.16. The van der Waals surface area contributed by atoms with Gasteiger partial charge in [0.2, 0.25) is 0 Å². The molecule has 0 spiro atoms. The summed E-state index contributed by atoms with van der Waals surface area (Å²) >= 11 is 0. The molecular weight excluding hydrogens is 198 g/mol. The van der Waals surface area contributed by atoms with Crippen molar-refractivity contribution in [1.29, 1.82) is 0 Å². The Bertz CT molecular complexity index is 381. The maximum absolute atomic E-state index is 5.83. The third-order valence-electron chi connectivity index (χ3n) is 2.70. The molecule has 0 aromatic heterocycles. The minimum atomic E-state index is 0.685. The summed E-state index contributed by atoms with van der Waals surface area (Å²) in [4.78, 5) is 0. The highest BCUT2D eigenvalue weighted by atomic mass is 15.6. The molecule has 0 radical (unpaired) electrons. The van der Waals surface area contributed by atoms with Crippen LogP contribution in [0, 0.1) is 0 Å². The Labute approximate surface area is 97.4 Å². The number of benzene rings is 1. The van der Waals surface area contributed by atoms with Crippen molar-refractivity contribution in [1.82, 2.24) is 5.01 Å². The second-order valence-electron chi connectivity index (χ2n) is 3.63. The quantitative estimate of drug-likeness (QED) is 0.620. The topological polar surface area (TPSA) is 32.5 Å². The summed E-state index contributed by atoms with van der Waals surface area (Å²) < 4.78 is 0. The van der Waals surface area contributed by atoms with E-state index in [1.807, 2.05) is 61.4 Å². The molecule has 3 heteroatoms. The third-order valence-corrected chi connectivity index (χ3v) is 2.70. The second kappa shape index (κ2) is 5.26. The first-order valence-corrected chi connectivity index (χ1v) is 5.19. The van der Waals surface area contributed by atoms with Gasteiger partial charge < -0.3 is 5.73 Å². The predicted octanol–water partition coefficient (Wildman–Crippen LogP) is 2.35. The Morgan fingerprint density at radius 2 is 1.81 bits per heavy atom. The molecule has 1 aromatic carbocycles. The number of rotatable bonds is 4. The van der Waals surface area contributed by atoms with Crippen molar-refractivity contribution in [2.75, 3.05) is 19.1 Å². The predicted molar refractivity (Wildman–Crippen MR) is 69.7 cm³/mol. The lowest BCUT2D eigenvalue weighted by molar-refractivity contribution is 0.403. The lowest BCUT2D eigenvalue weighted by atomic mass is 10.3. The SMILES string of the molecule is C=C/C(N)=C(/C)N(C)N(C)c1ccccc1. The van der Waals surface area contributed by atoms with Crippen LogP contribution in [-0.2, 0) is 0 Å². The normalized spacial score (nSPS) is 11.7. The molecule has 0 unspecified atom stereocenters. The molecule has 16 heavy (non-hydrogen) atoms. The summed E-state index contributed by atoms with van der Waals surface area (Å²) in [6.45, 7) is 5.64. The fraction of sp³-hybridized carbons (Fsp3) is 0.231. The van der Waals surface area contributed by atoms with E-state index in [0.29, 0.717) is 5.70 Å². The van der Waals surface area contributed by atoms with Crippen molar-refractivity contribution >= 4 is 5.69 Å². The van der Waals surface area contributed by atoms with Gasteiger partial charge in [-0.05, 0) is 25.1 Å². The number of nitrogens with two attached hydrogens (primary N) is 1. The average molecular weight is 217 g/mol. The van der Waals surface area contributed by atoms with Gasteiger partial charge in [0.15, 0.2) is 0 Å². The van der Waals surface area contributed by atoms with Gasteiger partial charge in [0.1, 0.15) is 0 Å². The summed E-state index contributed by atoms with van der Waals surface area (Å²) in [6.07, 6.45) is 1.66. The van der Waals surface area contributed by atoms with Crippen molar-refractivity contribution in [3.05, 3.63) is 54.4 Å². The van der Waals surface area contributed by atoms with Gasteiger partial charge >= 0.3 is 0 Å². The van der Waals surface area contributed by atoms with Gasteiger partial charge in [-0.15, -0.1) is 0 Å². The van der Waals surface area contributed by atoms with Crippen LogP contribution in [0.25, 0.3) is 0 Å². The number of hydrazine groups is 1. The van der Waals surface area contributed by atoms with Gasteiger partial charge in [-0.25, -0.2) is 0 Å². The van der Waals surface area contributed by atoms with E-state index in [9.17, 15) is 0 Å². The molecule has 0 saturated heterocycles. The number of nitrogens with zero attached hydrogens (tertiary/aromatic N) is 2. The van der Waals surface area contributed by atoms with Crippen molar-refractivity contribution in [3.8, 4) is 0 Å². The number of anilines is 1. The zero-order chi connectivity index (χ0) is 12.1. The van der Waals surface area contributed by atoms with Crippen LogP contribution in [0.4, 0.5) is 5.69 Å². The summed E-state index contributed by atoms with van der Waals surface area (Å²) in [5, 5.41) is 4.03. The average Bonchev–Trinajstić information content (AvgIpc) is 2.36. The number of allylic oxidation sites excluding steroid dienone is 2. The zero-order valence-corrected chi connectivity index (χ0v) is 10.1. The van der Waals surface area contributed by atoms with Crippen LogP contribution in [0.2, 0.25) is 0 Å². The summed E-state index contributed by atoms with van der Waals surface area (Å²) in [6, 6.07) is 10.1. The van der Waals surface area contributed by atoms with Gasteiger partial charge in [-0.1, -0.05) is 24.8 Å². The Morgan fingerprint density at radius 1 is 1.25 bits per heavy atom. The van der Waals surface area contributed by atoms with E-state index in [1.165, 1.54) is 0 Å². The number of hydrogen-bond acceptors (Lipinski definition) is 3. The molecule has 0 atom stereocenters. The van der Waals surface area contributed by atoms with E-state index in [4.69, 9.17) is 5.73 Å². The van der Waals surface area contributed by atoms with E-state index in [0.717, 1.165) is 11.4 Å². The second-order valence-corrected chi connectivity index (χ2v) is 3.63. The number of para-hydroxylation sites is 1. The molecular formula is C13H19N3. The summed E-state index contributed by atoms with van der Waals surface area (Å²) in [7, 11) is 3.97. The highest BCUT2D eigenvalue weighted by Gasteiger charge is 2.08. The molecule has 86 valence electrons. The van der Waals surface area contributed by atoms with Crippen molar-refractivity contribution in [3.63, 3.8) is 0 Å². The van der Waals surface area contributed by atoms with Crippen LogP contribution in [0.1, 0.15) is 6.92 Å². The zero-order valence-electron chi connectivity index (χ0n) is 10.1. The van der Waals surface area contributed by atoms with E-state index in [2.05, 4.69) is 6.58 Å². The first-order chi connectivity index (χ1) is 7.57. The maximum Gasteiger partial charge on any atom is 0.0570 e. The molecule has 0 heterocycles. The summed E-state index contributed by atoms with van der Waals surface area (Å²) in [5.74, 6) is 0. The lowest BCUT2D eigenvalue weighted by Crippen LogP contribution is -2.36. The van der Waals surface area contributed by atoms with Crippen LogP contribution in [0.5, 0.6) is 0 Å². The molecule has 1 aromatic rings. The van der Waals surface area contributed by atoms with Gasteiger partial charge in [0, 0.05) is 14.1 Å². The van der Waals surface area contributed by atoms with Crippen LogP contribution >= 0.6 is 0 Å². The van der Waals surface area contributed by atoms with E-state index in [1.54, 1.807) is 6.08 Å². The van der Waals surface area contributed by atoms with E-state index >= 15 is 0 Å². The molecule has 0 aliphatic rings. The van der Waals surface area contributed by atoms with Crippen LogP contribution in [-0.4, -0.2) is 19.1 Å². The largest absolute Gasteiger partial charge is 0.397 e. The van der Waals surface area contributed by atoms with Gasteiger partial charge in [0.25, 0.3) is 0 Å². The third kappa shape index (κ3) is 2.57. The van der Waals surface area contributed by atoms with Crippen molar-refractivity contribution in [2.45, 2.75) is 6.92 Å². The number of hydrogen-bond donors (Lipinski definition) is 1. The van der Waals surface area contributed by atoms with Crippen molar-refractivity contribution < 1.29 is 0 Å². The minimum absolute atomic E-state index is 0.685. The standard InChI is InChI=1S/C13H19N3/c1-5-13(14)11(2)15(3)16(4)12-9-7-6-8-10-12/h5-10H,1,14H2,2-4H3/b13-11+. The maximum atomic E-state index is 5.83. The van der Waals surface area contributed by atoms with Crippen molar-refractivity contribution in [2.24, 2.45) is 5.73 Å². The summed E-state index contributed by atoms with van der Waals surface area (Å²) in [5.41, 5.74) is 8.60. The molecule has 1 rings (SSSR count). The van der Waals surface area contributed by atoms with E-state index in [-0.39, 0.29) is 0 Å². The monoisotopic (exact) mass is 217 g/mol. The smallest absolute Gasteiger partial charge is 0.0570 e. The first-order valence-electron chi connectivity index (χ1n) is 5.19. The fourth-order valence-corrected chi connectivity index (χ4v) is 1.38. The Hall–Kier alpha value is -1.90. The minimum Gasteiger partial charge on any atom is -0.397 e. The highest BCUT2D eigenvalue weighted by molar-refractivity contribution is 5.44. The molecule has 0 amide bonds. The molecule has 0 bridgehead atoms. The Kier molecular flexibility index (Phi) is 4.00. The van der Waals surface area contributed by atoms with Crippen LogP contribution in [0.15, 0.2) is 54.4 Å². The van der Waals surface area contributed by atoms with Gasteiger partial charge in [-0.3, -0.25) is 10.0 Å². The molecule has 0 fully saturated rings. The van der Waals surface area contributed by atoms with Gasteiger partial charge in [0.05, 0.1) is 17.1 Å². The fourth-order valence-electron chi connectivity index (χ4n) is 1.38. The first kappa shape index (κ1) is 12.2. The molecule has 3 nitrogen and oxygen atoms in total. The van der Waals surface area contributed by atoms with Crippen LogP contribution in [0.3, 0.4) is 0 Å². The van der Waals surface area contributed by atoms with Crippen LogP contribution < -0.4 is 10.7 Å². The van der Waals surface area contributed by atoms with E-state index < -0.39 is 0 Å². The lowest BCUT2D eigenvalue weighted by Gasteiger charge is -2.33. The molecule has 0 aliphatic carbocycles. The molecule has 2 N–H and O–H groups in total. The molecule has 0 aliphatic heterocycles. The Morgan fingerprint density at radius 3 is 2.31 bits per heavy atom. The molecule has 0 saturated carbocycles. The van der Waals surface area contributed by atoms with Gasteiger partial charge in [-0.2, -0.15) is 0 Å². The Balaban J connectivity index is 2.91.